The molecule has 0 saturated heterocycles. The number of halogens is 3. The maximum atomic E-state index is 12.6. The lowest BCUT2D eigenvalue weighted by Crippen LogP contribution is -2.31. The van der Waals surface area contributed by atoms with Crippen LogP contribution >= 0.6 is 0 Å². The minimum atomic E-state index is -4.34. The molecule has 0 spiro atoms. The van der Waals surface area contributed by atoms with Crippen LogP contribution in [0.15, 0.2) is 48.5 Å². The molecule has 20 heavy (non-hydrogen) atoms. The lowest BCUT2D eigenvalue weighted by molar-refractivity contribution is -0.137. The molecule has 0 bridgehead atoms. The van der Waals surface area contributed by atoms with Crippen LogP contribution in [0.2, 0.25) is 0 Å². The number of hydrogen-bond acceptors (Lipinski definition) is 2. The summed E-state index contributed by atoms with van der Waals surface area (Å²) in [7, 11) is 0. The summed E-state index contributed by atoms with van der Waals surface area (Å²) in [4.78, 5) is 1.97. The highest BCUT2D eigenvalue weighted by atomic mass is 19.4. The van der Waals surface area contributed by atoms with E-state index in [1.807, 2.05) is 35.2 Å². The van der Waals surface area contributed by atoms with E-state index >= 15 is 0 Å². The van der Waals surface area contributed by atoms with Gasteiger partial charge in [-0.1, -0.05) is 24.3 Å². The SMILES string of the molecule is FC(F)(F)c1ccc2c(c1)OCN(c1ccccc1)C2. The van der Waals surface area contributed by atoms with Gasteiger partial charge in [-0.25, -0.2) is 0 Å². The summed E-state index contributed by atoms with van der Waals surface area (Å²) in [5.41, 5.74) is 1.07. The Balaban J connectivity index is 1.86. The summed E-state index contributed by atoms with van der Waals surface area (Å²) in [5.74, 6) is 0.312. The molecule has 0 aliphatic carbocycles. The predicted octanol–water partition coefficient (Wildman–Crippen LogP) is 4.06. The molecule has 1 heterocycles. The third kappa shape index (κ3) is 2.43. The molecule has 1 aliphatic rings. The van der Waals surface area contributed by atoms with Crippen LogP contribution in [0.3, 0.4) is 0 Å². The second-order valence-electron chi connectivity index (χ2n) is 4.63. The summed E-state index contributed by atoms with van der Waals surface area (Å²) in [6, 6.07) is 13.3. The van der Waals surface area contributed by atoms with Crippen molar-refractivity contribution in [2.45, 2.75) is 12.7 Å². The zero-order chi connectivity index (χ0) is 14.2. The number of rotatable bonds is 1. The van der Waals surface area contributed by atoms with E-state index in [1.54, 1.807) is 0 Å². The van der Waals surface area contributed by atoms with Gasteiger partial charge in [-0.05, 0) is 24.3 Å². The Kier molecular flexibility index (Phi) is 3.04. The van der Waals surface area contributed by atoms with Gasteiger partial charge < -0.3 is 9.64 Å². The molecule has 0 fully saturated rings. The smallest absolute Gasteiger partial charge is 0.416 e. The fourth-order valence-electron chi connectivity index (χ4n) is 2.20. The van der Waals surface area contributed by atoms with Crippen molar-refractivity contribution in [1.82, 2.24) is 0 Å². The van der Waals surface area contributed by atoms with Crippen molar-refractivity contribution < 1.29 is 17.9 Å². The average Bonchev–Trinajstić information content (AvgIpc) is 2.46. The number of ether oxygens (including phenoxy) is 1. The van der Waals surface area contributed by atoms with Gasteiger partial charge in [0, 0.05) is 17.8 Å². The first kappa shape index (κ1) is 12.8. The summed E-state index contributed by atoms with van der Waals surface area (Å²) in [6.07, 6.45) is -4.34. The van der Waals surface area contributed by atoms with E-state index < -0.39 is 11.7 Å². The molecule has 1 aliphatic heterocycles. The molecule has 0 saturated carbocycles. The van der Waals surface area contributed by atoms with Crippen LogP contribution in [-0.2, 0) is 12.7 Å². The van der Waals surface area contributed by atoms with Crippen molar-refractivity contribution in [3.8, 4) is 5.75 Å². The summed E-state index contributed by atoms with van der Waals surface area (Å²) in [6.45, 7) is 0.788. The standard InChI is InChI=1S/C15H12F3NO/c16-15(17,18)12-7-6-11-9-19(10-20-14(11)8-12)13-4-2-1-3-5-13/h1-8H,9-10H2. The molecule has 0 amide bonds. The second kappa shape index (κ2) is 4.74. The number of nitrogens with zero attached hydrogens (tertiary/aromatic N) is 1. The Bertz CT molecular complexity index is 610. The molecule has 0 aromatic heterocycles. The first-order valence-electron chi connectivity index (χ1n) is 6.17. The number of hydrogen-bond donors (Lipinski definition) is 0. The summed E-state index contributed by atoms with van der Waals surface area (Å²) >= 11 is 0. The van der Waals surface area contributed by atoms with Crippen molar-refractivity contribution in [2.75, 3.05) is 11.6 Å². The number of alkyl halides is 3. The van der Waals surface area contributed by atoms with Crippen LogP contribution in [0.1, 0.15) is 11.1 Å². The maximum absolute atomic E-state index is 12.6. The zero-order valence-corrected chi connectivity index (χ0v) is 10.5. The van der Waals surface area contributed by atoms with Gasteiger partial charge in [0.15, 0.2) is 6.73 Å². The van der Waals surface area contributed by atoms with Crippen LogP contribution in [0, 0.1) is 0 Å². The quantitative estimate of drug-likeness (QED) is 0.780. The first-order chi connectivity index (χ1) is 9.54. The highest BCUT2D eigenvalue weighted by Gasteiger charge is 2.32. The largest absolute Gasteiger partial charge is 0.473 e. The van der Waals surface area contributed by atoms with Gasteiger partial charge in [0.2, 0.25) is 0 Å². The maximum Gasteiger partial charge on any atom is 0.416 e. The third-order valence-electron chi connectivity index (χ3n) is 3.25. The van der Waals surface area contributed by atoms with E-state index in [-0.39, 0.29) is 6.73 Å². The normalized spacial score (nSPS) is 14.7. The second-order valence-corrected chi connectivity index (χ2v) is 4.63. The molecule has 2 nitrogen and oxygen atoms in total. The van der Waals surface area contributed by atoms with Gasteiger partial charge in [-0.2, -0.15) is 13.2 Å². The molecule has 0 N–H and O–H groups in total. The van der Waals surface area contributed by atoms with E-state index in [9.17, 15) is 13.2 Å². The monoisotopic (exact) mass is 279 g/mol. The highest BCUT2D eigenvalue weighted by Crippen LogP contribution is 2.35. The van der Waals surface area contributed by atoms with Gasteiger partial charge in [0.25, 0.3) is 0 Å². The molecule has 2 aromatic carbocycles. The van der Waals surface area contributed by atoms with Gasteiger partial charge in [0.05, 0.1) is 5.56 Å². The van der Waals surface area contributed by atoms with Gasteiger partial charge in [-0.3, -0.25) is 0 Å². The molecule has 104 valence electrons. The van der Waals surface area contributed by atoms with Crippen molar-refractivity contribution in [2.24, 2.45) is 0 Å². The minimum absolute atomic E-state index is 0.248. The Morgan fingerprint density at radius 1 is 1.00 bits per heavy atom. The molecule has 5 heteroatoms. The van der Waals surface area contributed by atoms with Gasteiger partial charge in [0.1, 0.15) is 5.75 Å². The highest BCUT2D eigenvalue weighted by molar-refractivity contribution is 5.50. The third-order valence-corrected chi connectivity index (χ3v) is 3.25. The zero-order valence-electron chi connectivity index (χ0n) is 10.5. The van der Waals surface area contributed by atoms with E-state index in [2.05, 4.69) is 0 Å². The molecule has 3 rings (SSSR count). The van der Waals surface area contributed by atoms with E-state index in [0.717, 1.165) is 23.4 Å². The average molecular weight is 279 g/mol. The number of benzene rings is 2. The van der Waals surface area contributed by atoms with Crippen molar-refractivity contribution in [3.63, 3.8) is 0 Å². The molecule has 0 unspecified atom stereocenters. The van der Waals surface area contributed by atoms with E-state index in [4.69, 9.17) is 4.74 Å². The Hall–Kier alpha value is -2.17. The van der Waals surface area contributed by atoms with Gasteiger partial charge >= 0.3 is 6.18 Å². The van der Waals surface area contributed by atoms with Crippen LogP contribution in [0.5, 0.6) is 5.75 Å². The van der Waals surface area contributed by atoms with Crippen molar-refractivity contribution >= 4 is 5.69 Å². The van der Waals surface area contributed by atoms with Crippen molar-refractivity contribution in [3.05, 3.63) is 59.7 Å². The number of para-hydroxylation sites is 1. The molecular formula is C15H12F3NO. The molecule has 0 radical (unpaired) electrons. The Morgan fingerprint density at radius 3 is 2.45 bits per heavy atom. The molecule has 2 aromatic rings. The lowest BCUT2D eigenvalue weighted by Gasteiger charge is -2.31. The lowest BCUT2D eigenvalue weighted by atomic mass is 10.1. The minimum Gasteiger partial charge on any atom is -0.473 e. The van der Waals surface area contributed by atoms with Crippen molar-refractivity contribution in [1.29, 1.82) is 0 Å². The van der Waals surface area contributed by atoms with E-state index in [1.165, 1.54) is 6.07 Å². The fraction of sp³-hybridized carbons (Fsp3) is 0.200. The fourth-order valence-corrected chi connectivity index (χ4v) is 2.20. The van der Waals surface area contributed by atoms with Crippen LogP contribution < -0.4 is 9.64 Å². The van der Waals surface area contributed by atoms with Gasteiger partial charge in [-0.15, -0.1) is 0 Å². The summed E-state index contributed by atoms with van der Waals surface area (Å²) in [5, 5.41) is 0. The topological polar surface area (TPSA) is 12.5 Å². The van der Waals surface area contributed by atoms with Crippen LogP contribution in [-0.4, -0.2) is 6.73 Å². The molecular weight excluding hydrogens is 267 g/mol. The summed E-state index contributed by atoms with van der Waals surface area (Å²) < 4.78 is 43.4. The van der Waals surface area contributed by atoms with E-state index in [0.29, 0.717) is 12.3 Å². The number of anilines is 1. The van der Waals surface area contributed by atoms with Crippen LogP contribution in [0.4, 0.5) is 18.9 Å². The Morgan fingerprint density at radius 2 is 1.75 bits per heavy atom. The number of fused-ring (bicyclic) bond motifs is 1. The first-order valence-corrected chi connectivity index (χ1v) is 6.17. The predicted molar refractivity (Wildman–Crippen MR) is 69.6 cm³/mol. The van der Waals surface area contributed by atoms with Crippen LogP contribution in [0.25, 0.3) is 0 Å². The molecule has 0 atom stereocenters. The Labute approximate surface area is 114 Å².